The molecule has 5 nitrogen and oxygen atoms in total. The molecule has 1 rings (SSSR count). The molecular weight excluding hydrogens is 250 g/mol. The van der Waals surface area contributed by atoms with Crippen molar-refractivity contribution in [3.8, 4) is 0 Å². The summed E-state index contributed by atoms with van der Waals surface area (Å²) in [6.45, 7) is 8.87. The van der Waals surface area contributed by atoms with E-state index in [9.17, 15) is 0 Å². The second-order valence-electron chi connectivity index (χ2n) is 5.39. The molecule has 0 atom stereocenters. The summed E-state index contributed by atoms with van der Waals surface area (Å²) >= 11 is 0. The van der Waals surface area contributed by atoms with Gasteiger partial charge in [0.15, 0.2) is 5.96 Å². The number of guanidine groups is 1. The molecular formula is C15H27N5. The number of hydrogen-bond donors (Lipinski definition) is 2. The quantitative estimate of drug-likeness (QED) is 0.615. The Kier molecular flexibility index (Phi) is 6.84. The van der Waals surface area contributed by atoms with E-state index < -0.39 is 0 Å². The van der Waals surface area contributed by atoms with E-state index in [1.54, 1.807) is 0 Å². The zero-order valence-corrected chi connectivity index (χ0v) is 13.3. The van der Waals surface area contributed by atoms with E-state index in [0.29, 0.717) is 12.5 Å². The third kappa shape index (κ3) is 5.91. The second kappa shape index (κ2) is 8.40. The maximum Gasteiger partial charge on any atom is 0.191 e. The van der Waals surface area contributed by atoms with Gasteiger partial charge in [-0.2, -0.15) is 0 Å². The van der Waals surface area contributed by atoms with Gasteiger partial charge in [0.25, 0.3) is 0 Å². The summed E-state index contributed by atoms with van der Waals surface area (Å²) in [6.07, 6.45) is 1.83. The fourth-order valence-electron chi connectivity index (χ4n) is 1.62. The number of aromatic nitrogens is 1. The highest BCUT2D eigenvalue weighted by atomic mass is 15.2. The van der Waals surface area contributed by atoms with Crippen LogP contribution < -0.4 is 15.5 Å². The van der Waals surface area contributed by atoms with Crippen molar-refractivity contribution >= 4 is 11.8 Å². The van der Waals surface area contributed by atoms with Crippen LogP contribution in [0.4, 0.5) is 5.82 Å². The molecule has 0 saturated carbocycles. The Morgan fingerprint density at radius 3 is 2.70 bits per heavy atom. The molecule has 0 radical (unpaired) electrons. The summed E-state index contributed by atoms with van der Waals surface area (Å²) in [6, 6.07) is 4.07. The van der Waals surface area contributed by atoms with Crippen LogP contribution in [0.3, 0.4) is 0 Å². The molecule has 1 aromatic heterocycles. The van der Waals surface area contributed by atoms with Crippen LogP contribution in [0, 0.1) is 5.92 Å². The SMILES string of the molecule is CCNC(=NCc1ccnc(N(C)C)c1)NCC(C)C. The lowest BCUT2D eigenvalue weighted by molar-refractivity contribution is 0.615. The molecule has 112 valence electrons. The molecule has 5 heteroatoms. The van der Waals surface area contributed by atoms with Crippen LogP contribution in [0.25, 0.3) is 0 Å². The van der Waals surface area contributed by atoms with E-state index in [1.807, 2.05) is 31.3 Å². The maximum atomic E-state index is 4.60. The second-order valence-corrected chi connectivity index (χ2v) is 5.39. The number of nitrogens with one attached hydrogen (secondary N) is 2. The van der Waals surface area contributed by atoms with Crippen molar-refractivity contribution in [3.05, 3.63) is 23.9 Å². The van der Waals surface area contributed by atoms with Gasteiger partial charge < -0.3 is 15.5 Å². The third-order valence-electron chi connectivity index (χ3n) is 2.71. The van der Waals surface area contributed by atoms with Gasteiger partial charge in [0.2, 0.25) is 0 Å². The topological polar surface area (TPSA) is 52.6 Å². The molecule has 20 heavy (non-hydrogen) atoms. The number of pyridine rings is 1. The average molecular weight is 277 g/mol. The first-order valence-electron chi connectivity index (χ1n) is 7.17. The molecule has 0 bridgehead atoms. The average Bonchev–Trinajstić information content (AvgIpc) is 2.42. The van der Waals surface area contributed by atoms with E-state index in [-0.39, 0.29) is 0 Å². The first-order valence-corrected chi connectivity index (χ1v) is 7.17. The van der Waals surface area contributed by atoms with Crippen molar-refractivity contribution in [3.63, 3.8) is 0 Å². The van der Waals surface area contributed by atoms with E-state index >= 15 is 0 Å². The van der Waals surface area contributed by atoms with Gasteiger partial charge in [-0.3, -0.25) is 0 Å². The molecule has 0 aromatic carbocycles. The Bertz CT molecular complexity index is 426. The largest absolute Gasteiger partial charge is 0.363 e. The van der Waals surface area contributed by atoms with E-state index in [0.717, 1.165) is 30.4 Å². The molecule has 1 aromatic rings. The molecule has 0 amide bonds. The summed E-state index contributed by atoms with van der Waals surface area (Å²) in [5.41, 5.74) is 1.16. The van der Waals surface area contributed by atoms with Crippen LogP contribution in [0.5, 0.6) is 0 Å². The number of aliphatic imine (C=N–C) groups is 1. The van der Waals surface area contributed by atoms with Crippen LogP contribution in [0.2, 0.25) is 0 Å². The van der Waals surface area contributed by atoms with Gasteiger partial charge in [-0.1, -0.05) is 13.8 Å². The van der Waals surface area contributed by atoms with Crippen molar-refractivity contribution in [2.45, 2.75) is 27.3 Å². The minimum Gasteiger partial charge on any atom is -0.363 e. The van der Waals surface area contributed by atoms with Crippen LogP contribution in [0.15, 0.2) is 23.3 Å². The zero-order valence-electron chi connectivity index (χ0n) is 13.3. The summed E-state index contributed by atoms with van der Waals surface area (Å²) in [5, 5.41) is 6.60. The highest BCUT2D eigenvalue weighted by Gasteiger charge is 2.01. The minimum atomic E-state index is 0.597. The first kappa shape index (κ1) is 16.3. The molecule has 1 heterocycles. The predicted molar refractivity (Wildman–Crippen MR) is 86.2 cm³/mol. The van der Waals surface area contributed by atoms with Gasteiger partial charge >= 0.3 is 0 Å². The Hall–Kier alpha value is -1.78. The molecule has 0 aliphatic rings. The number of hydrogen-bond acceptors (Lipinski definition) is 3. The van der Waals surface area contributed by atoms with Crippen LogP contribution in [-0.4, -0.2) is 38.1 Å². The smallest absolute Gasteiger partial charge is 0.191 e. The van der Waals surface area contributed by atoms with Crippen LogP contribution >= 0.6 is 0 Å². The van der Waals surface area contributed by atoms with Crippen LogP contribution in [0.1, 0.15) is 26.3 Å². The van der Waals surface area contributed by atoms with Crippen molar-refractivity contribution < 1.29 is 0 Å². The summed E-state index contributed by atoms with van der Waals surface area (Å²) in [5.74, 6) is 2.42. The first-order chi connectivity index (χ1) is 9.52. The van der Waals surface area contributed by atoms with Crippen molar-refractivity contribution in [1.29, 1.82) is 0 Å². The predicted octanol–water partition coefficient (Wildman–Crippen LogP) is 1.86. The van der Waals surface area contributed by atoms with Gasteiger partial charge in [-0.25, -0.2) is 9.98 Å². The van der Waals surface area contributed by atoms with Gasteiger partial charge in [0.1, 0.15) is 5.82 Å². The standard InChI is InChI=1S/C15H27N5/c1-6-16-15(18-10-12(2)3)19-11-13-7-8-17-14(9-13)20(4)5/h7-9,12H,6,10-11H2,1-5H3,(H2,16,18,19). The summed E-state index contributed by atoms with van der Waals surface area (Å²) in [4.78, 5) is 10.9. The van der Waals surface area contributed by atoms with Crippen molar-refractivity contribution in [2.75, 3.05) is 32.1 Å². The zero-order chi connectivity index (χ0) is 15.0. The summed E-state index contributed by atoms with van der Waals surface area (Å²) < 4.78 is 0. The minimum absolute atomic E-state index is 0.597. The fourth-order valence-corrected chi connectivity index (χ4v) is 1.62. The molecule has 2 N–H and O–H groups in total. The highest BCUT2D eigenvalue weighted by Crippen LogP contribution is 2.10. The molecule has 0 spiro atoms. The van der Waals surface area contributed by atoms with Crippen molar-refractivity contribution in [1.82, 2.24) is 15.6 Å². The van der Waals surface area contributed by atoms with Gasteiger partial charge in [-0.15, -0.1) is 0 Å². The van der Waals surface area contributed by atoms with Gasteiger partial charge in [0.05, 0.1) is 6.54 Å². The molecule has 0 aliphatic heterocycles. The van der Waals surface area contributed by atoms with E-state index in [2.05, 4.69) is 47.4 Å². The molecule has 0 unspecified atom stereocenters. The lowest BCUT2D eigenvalue weighted by atomic mass is 10.2. The third-order valence-corrected chi connectivity index (χ3v) is 2.71. The Morgan fingerprint density at radius 2 is 2.10 bits per heavy atom. The molecule has 0 aliphatic carbocycles. The molecule has 0 fully saturated rings. The number of rotatable bonds is 6. The van der Waals surface area contributed by atoms with Gasteiger partial charge in [-0.05, 0) is 30.5 Å². The Balaban J connectivity index is 2.68. The fraction of sp³-hybridized carbons (Fsp3) is 0.600. The van der Waals surface area contributed by atoms with E-state index in [4.69, 9.17) is 0 Å². The highest BCUT2D eigenvalue weighted by molar-refractivity contribution is 5.79. The van der Waals surface area contributed by atoms with Gasteiger partial charge in [0, 0.05) is 33.4 Å². The lowest BCUT2D eigenvalue weighted by Gasteiger charge is -2.14. The maximum absolute atomic E-state index is 4.60. The lowest BCUT2D eigenvalue weighted by Crippen LogP contribution is -2.39. The summed E-state index contributed by atoms with van der Waals surface area (Å²) in [7, 11) is 3.98. The Morgan fingerprint density at radius 1 is 1.35 bits per heavy atom. The number of anilines is 1. The normalized spacial score (nSPS) is 11.6. The Labute approximate surface area is 122 Å². The van der Waals surface area contributed by atoms with Crippen molar-refractivity contribution in [2.24, 2.45) is 10.9 Å². The number of nitrogens with zero attached hydrogens (tertiary/aromatic N) is 3. The molecule has 0 saturated heterocycles. The van der Waals surface area contributed by atoms with Crippen LogP contribution in [-0.2, 0) is 6.54 Å². The van der Waals surface area contributed by atoms with E-state index in [1.165, 1.54) is 0 Å². The monoisotopic (exact) mass is 277 g/mol.